The Morgan fingerprint density at radius 3 is 3.11 bits per heavy atom. The second-order valence-corrected chi connectivity index (χ2v) is 5.01. The van der Waals surface area contributed by atoms with E-state index in [4.69, 9.17) is 5.73 Å². The fourth-order valence-electron chi connectivity index (χ4n) is 2.60. The molecule has 0 saturated heterocycles. The van der Waals surface area contributed by atoms with Gasteiger partial charge in [-0.3, -0.25) is 4.79 Å². The van der Waals surface area contributed by atoms with Gasteiger partial charge in [0.1, 0.15) is 12.9 Å². The van der Waals surface area contributed by atoms with Crippen LogP contribution in [0.3, 0.4) is 0 Å². The molecule has 3 N–H and O–H groups in total. The molecular weight excluding hydrogens is 230 g/mol. The maximum atomic E-state index is 11.8. The summed E-state index contributed by atoms with van der Waals surface area (Å²) in [6.45, 7) is 2.41. The fraction of sp³-hybridized carbons (Fsp3) is 0.750. The Bertz CT molecular complexity index is 403. The topological polar surface area (TPSA) is 85.8 Å². The van der Waals surface area contributed by atoms with Gasteiger partial charge >= 0.3 is 0 Å². The van der Waals surface area contributed by atoms with Crippen LogP contribution in [0.15, 0.2) is 6.33 Å². The van der Waals surface area contributed by atoms with Gasteiger partial charge in [0.25, 0.3) is 0 Å². The van der Waals surface area contributed by atoms with Crippen LogP contribution in [0.5, 0.6) is 0 Å². The van der Waals surface area contributed by atoms with E-state index >= 15 is 0 Å². The zero-order chi connectivity index (χ0) is 13.0. The van der Waals surface area contributed by atoms with Gasteiger partial charge in [-0.1, -0.05) is 26.2 Å². The number of anilines is 1. The predicted octanol–water partition coefficient (Wildman–Crippen LogP) is 0.945. The van der Waals surface area contributed by atoms with Gasteiger partial charge in [-0.05, 0) is 18.8 Å². The van der Waals surface area contributed by atoms with Crippen LogP contribution in [0.25, 0.3) is 0 Å². The van der Waals surface area contributed by atoms with Crippen molar-refractivity contribution >= 4 is 11.9 Å². The van der Waals surface area contributed by atoms with Crippen molar-refractivity contribution in [2.75, 3.05) is 5.73 Å². The van der Waals surface area contributed by atoms with Gasteiger partial charge in [-0.15, -0.1) is 5.10 Å². The van der Waals surface area contributed by atoms with E-state index in [0.29, 0.717) is 6.04 Å². The summed E-state index contributed by atoms with van der Waals surface area (Å²) >= 11 is 0. The molecule has 1 saturated carbocycles. The summed E-state index contributed by atoms with van der Waals surface area (Å²) in [6, 6.07) is 0.317. The Labute approximate surface area is 107 Å². The molecule has 1 aromatic rings. The van der Waals surface area contributed by atoms with E-state index in [-0.39, 0.29) is 18.4 Å². The van der Waals surface area contributed by atoms with Crippen molar-refractivity contribution in [2.24, 2.45) is 5.92 Å². The van der Waals surface area contributed by atoms with E-state index < -0.39 is 0 Å². The highest BCUT2D eigenvalue weighted by Crippen LogP contribution is 2.26. The molecule has 0 spiro atoms. The van der Waals surface area contributed by atoms with E-state index in [2.05, 4.69) is 22.3 Å². The molecule has 0 aliphatic heterocycles. The van der Waals surface area contributed by atoms with Crippen LogP contribution in [0.2, 0.25) is 0 Å². The van der Waals surface area contributed by atoms with Crippen molar-refractivity contribution in [3.8, 4) is 0 Å². The summed E-state index contributed by atoms with van der Waals surface area (Å²) in [7, 11) is 0. The van der Waals surface area contributed by atoms with Crippen molar-refractivity contribution in [3.05, 3.63) is 6.33 Å². The van der Waals surface area contributed by atoms with Gasteiger partial charge in [0, 0.05) is 6.04 Å². The number of rotatable bonds is 4. The van der Waals surface area contributed by atoms with E-state index in [1.165, 1.54) is 30.3 Å². The number of carbonyl (C=O) groups excluding carboxylic acids is 1. The molecule has 100 valence electrons. The number of carbonyl (C=O) groups is 1. The van der Waals surface area contributed by atoms with Crippen LogP contribution in [-0.2, 0) is 11.3 Å². The third kappa shape index (κ3) is 3.45. The van der Waals surface area contributed by atoms with Crippen molar-refractivity contribution < 1.29 is 4.79 Å². The predicted molar refractivity (Wildman–Crippen MR) is 68.6 cm³/mol. The molecule has 1 aliphatic carbocycles. The monoisotopic (exact) mass is 251 g/mol. The van der Waals surface area contributed by atoms with Gasteiger partial charge in [-0.25, -0.2) is 9.67 Å². The summed E-state index contributed by atoms with van der Waals surface area (Å²) < 4.78 is 1.46. The standard InChI is InChI=1S/C12H21N5O/c1-2-9-4-3-5-10(6-9)15-11(18)7-17-8-14-12(13)16-17/h8-10H,2-7H2,1H3,(H2,13,16)(H,15,18). The fourth-order valence-corrected chi connectivity index (χ4v) is 2.60. The minimum absolute atomic E-state index is 0.0124. The normalized spacial score (nSPS) is 23.8. The van der Waals surface area contributed by atoms with E-state index in [1.807, 2.05) is 0 Å². The molecule has 18 heavy (non-hydrogen) atoms. The third-order valence-corrected chi connectivity index (χ3v) is 3.59. The second-order valence-electron chi connectivity index (χ2n) is 5.01. The first-order chi connectivity index (χ1) is 8.67. The third-order valence-electron chi connectivity index (χ3n) is 3.59. The Balaban J connectivity index is 1.80. The Morgan fingerprint density at radius 1 is 1.61 bits per heavy atom. The maximum Gasteiger partial charge on any atom is 0.242 e. The van der Waals surface area contributed by atoms with Crippen molar-refractivity contribution in [1.29, 1.82) is 0 Å². The lowest BCUT2D eigenvalue weighted by Gasteiger charge is -2.29. The number of aromatic nitrogens is 3. The average Bonchev–Trinajstić information content (AvgIpc) is 2.74. The number of nitrogens with two attached hydrogens (primary N) is 1. The van der Waals surface area contributed by atoms with Gasteiger partial charge < -0.3 is 11.1 Å². The lowest BCUT2D eigenvalue weighted by atomic mass is 9.84. The van der Waals surface area contributed by atoms with Crippen LogP contribution in [0, 0.1) is 5.92 Å². The smallest absolute Gasteiger partial charge is 0.242 e. The highest BCUT2D eigenvalue weighted by atomic mass is 16.2. The summed E-state index contributed by atoms with van der Waals surface area (Å²) in [5, 5.41) is 6.97. The zero-order valence-corrected chi connectivity index (χ0v) is 10.8. The van der Waals surface area contributed by atoms with Crippen molar-refractivity contribution in [1.82, 2.24) is 20.1 Å². The number of nitrogen functional groups attached to an aromatic ring is 1. The Kier molecular flexibility index (Phi) is 4.17. The Morgan fingerprint density at radius 2 is 2.44 bits per heavy atom. The van der Waals surface area contributed by atoms with E-state index in [1.54, 1.807) is 0 Å². The quantitative estimate of drug-likeness (QED) is 0.834. The largest absolute Gasteiger partial charge is 0.367 e. The molecular formula is C12H21N5O. The molecule has 6 nitrogen and oxygen atoms in total. The molecule has 2 unspecified atom stereocenters. The van der Waals surface area contributed by atoms with E-state index in [9.17, 15) is 4.79 Å². The average molecular weight is 251 g/mol. The summed E-state index contributed by atoms with van der Waals surface area (Å²) in [6.07, 6.45) is 7.36. The lowest BCUT2D eigenvalue weighted by Crippen LogP contribution is -2.40. The molecule has 0 radical (unpaired) electrons. The summed E-state index contributed by atoms with van der Waals surface area (Å²) in [4.78, 5) is 15.6. The molecule has 1 heterocycles. The highest BCUT2D eigenvalue weighted by Gasteiger charge is 2.22. The SMILES string of the molecule is CCC1CCCC(NC(=O)Cn2cnc(N)n2)C1. The molecule has 6 heteroatoms. The number of hydrogen-bond donors (Lipinski definition) is 2. The first-order valence-electron chi connectivity index (χ1n) is 6.61. The van der Waals surface area contributed by atoms with E-state index in [0.717, 1.165) is 18.8 Å². The first kappa shape index (κ1) is 12.9. The van der Waals surface area contributed by atoms with Gasteiger partial charge in [0.15, 0.2) is 0 Å². The summed E-state index contributed by atoms with van der Waals surface area (Å²) in [5.41, 5.74) is 5.40. The lowest BCUT2D eigenvalue weighted by molar-refractivity contribution is -0.122. The number of nitrogens with zero attached hydrogens (tertiary/aromatic N) is 3. The van der Waals surface area contributed by atoms with Gasteiger partial charge in [-0.2, -0.15) is 0 Å². The Hall–Kier alpha value is -1.59. The molecule has 1 amide bonds. The summed E-state index contributed by atoms with van der Waals surface area (Å²) in [5.74, 6) is 0.944. The number of hydrogen-bond acceptors (Lipinski definition) is 4. The van der Waals surface area contributed by atoms with Crippen LogP contribution >= 0.6 is 0 Å². The zero-order valence-electron chi connectivity index (χ0n) is 10.8. The maximum absolute atomic E-state index is 11.8. The van der Waals surface area contributed by atoms with Crippen LogP contribution in [0.4, 0.5) is 5.95 Å². The van der Waals surface area contributed by atoms with Crippen LogP contribution in [0.1, 0.15) is 39.0 Å². The van der Waals surface area contributed by atoms with Crippen molar-refractivity contribution in [3.63, 3.8) is 0 Å². The molecule has 1 aromatic heterocycles. The van der Waals surface area contributed by atoms with Gasteiger partial charge in [0.2, 0.25) is 11.9 Å². The second kappa shape index (κ2) is 5.84. The highest BCUT2D eigenvalue weighted by molar-refractivity contribution is 5.75. The minimum atomic E-state index is -0.0124. The molecule has 1 aliphatic rings. The molecule has 0 aromatic carbocycles. The molecule has 2 atom stereocenters. The molecule has 0 bridgehead atoms. The molecule has 1 fully saturated rings. The van der Waals surface area contributed by atoms with Gasteiger partial charge in [0.05, 0.1) is 0 Å². The first-order valence-corrected chi connectivity index (χ1v) is 6.61. The van der Waals surface area contributed by atoms with Crippen LogP contribution in [-0.4, -0.2) is 26.7 Å². The number of nitrogens with one attached hydrogen (secondary N) is 1. The minimum Gasteiger partial charge on any atom is -0.367 e. The van der Waals surface area contributed by atoms with Crippen molar-refractivity contribution in [2.45, 2.75) is 51.6 Å². The molecule has 2 rings (SSSR count). The number of amides is 1. The van der Waals surface area contributed by atoms with Crippen LogP contribution < -0.4 is 11.1 Å².